The third-order valence-electron chi connectivity index (χ3n) is 4.61. The number of nitrogens with one attached hydrogen (secondary N) is 1. The van der Waals surface area contributed by atoms with E-state index < -0.39 is 5.41 Å². The van der Waals surface area contributed by atoms with Crippen molar-refractivity contribution in [3.63, 3.8) is 0 Å². The zero-order chi connectivity index (χ0) is 21.9. The lowest BCUT2D eigenvalue weighted by Crippen LogP contribution is -2.34. The van der Waals surface area contributed by atoms with E-state index in [1.54, 1.807) is 6.07 Å². The Morgan fingerprint density at radius 2 is 1.80 bits per heavy atom. The van der Waals surface area contributed by atoms with Crippen LogP contribution in [0.4, 0.5) is 0 Å². The highest BCUT2D eigenvalue weighted by Crippen LogP contribution is 2.21. The monoisotopic (exact) mass is 425 g/mol. The summed E-state index contributed by atoms with van der Waals surface area (Å²) in [5.74, 6) is 0.838. The summed E-state index contributed by atoms with van der Waals surface area (Å²) in [5, 5.41) is 15.3. The van der Waals surface area contributed by atoms with Crippen LogP contribution in [0.3, 0.4) is 0 Å². The first-order valence-electron chi connectivity index (χ1n) is 9.92. The van der Waals surface area contributed by atoms with Crippen LogP contribution in [0.15, 0.2) is 36.4 Å². The molecule has 0 aliphatic carbocycles. The summed E-state index contributed by atoms with van der Waals surface area (Å²) in [6, 6.07) is 11.7. The van der Waals surface area contributed by atoms with Crippen molar-refractivity contribution in [3.8, 4) is 11.4 Å². The zero-order valence-electron chi connectivity index (χ0n) is 18.0. The van der Waals surface area contributed by atoms with E-state index in [1.807, 2.05) is 39.0 Å². The lowest BCUT2D eigenvalue weighted by atomic mass is 9.96. The molecule has 1 N–H and O–H groups in total. The van der Waals surface area contributed by atoms with Gasteiger partial charge in [-0.15, -0.1) is 21.5 Å². The van der Waals surface area contributed by atoms with Gasteiger partial charge in [-0.25, -0.2) is 0 Å². The molecule has 158 valence electrons. The maximum absolute atomic E-state index is 12.6. The van der Waals surface area contributed by atoms with Crippen molar-refractivity contribution in [2.24, 2.45) is 5.41 Å². The molecule has 0 saturated carbocycles. The van der Waals surface area contributed by atoms with Crippen molar-refractivity contribution in [1.29, 1.82) is 0 Å². The molecule has 0 unspecified atom stereocenters. The van der Waals surface area contributed by atoms with Crippen molar-refractivity contribution in [2.75, 3.05) is 0 Å². The molecule has 0 atom stereocenters. The average Bonchev–Trinajstić information content (AvgIpc) is 3.35. The molecule has 1 aromatic carbocycles. The number of rotatable bonds is 7. The highest BCUT2D eigenvalue weighted by Gasteiger charge is 2.21. The second kappa shape index (κ2) is 8.87. The van der Waals surface area contributed by atoms with Crippen LogP contribution in [0, 0.1) is 5.41 Å². The van der Waals surface area contributed by atoms with E-state index in [4.69, 9.17) is 0 Å². The number of amides is 1. The van der Waals surface area contributed by atoms with E-state index in [9.17, 15) is 9.59 Å². The Hall–Kier alpha value is -2.87. The van der Waals surface area contributed by atoms with Gasteiger partial charge in [0.1, 0.15) is 6.54 Å². The van der Waals surface area contributed by atoms with E-state index in [0.717, 1.165) is 10.4 Å². The van der Waals surface area contributed by atoms with Crippen LogP contribution in [-0.2, 0) is 17.9 Å². The minimum Gasteiger partial charge on any atom is -0.351 e. The second-order valence-corrected chi connectivity index (χ2v) is 9.71. The van der Waals surface area contributed by atoms with Crippen LogP contribution in [0.2, 0.25) is 0 Å². The third-order valence-corrected chi connectivity index (χ3v) is 5.74. The molecule has 1 amide bonds. The quantitative estimate of drug-likeness (QED) is 0.576. The molecule has 2 aromatic heterocycles. The topological polar surface area (TPSA) is 89.8 Å². The Bertz CT molecular complexity index is 1030. The molecular weight excluding hydrogens is 398 g/mol. The van der Waals surface area contributed by atoms with Gasteiger partial charge >= 0.3 is 0 Å². The molecule has 0 fully saturated rings. The minimum absolute atomic E-state index is 0.0192. The molecule has 2 heterocycles. The van der Waals surface area contributed by atoms with Gasteiger partial charge < -0.3 is 5.32 Å². The molecule has 0 saturated heterocycles. The molecule has 3 rings (SSSR count). The van der Waals surface area contributed by atoms with Gasteiger partial charge in [-0.3, -0.25) is 9.59 Å². The Kier molecular flexibility index (Phi) is 6.45. The summed E-state index contributed by atoms with van der Waals surface area (Å²) in [6.45, 7) is 10.3. The Morgan fingerprint density at radius 3 is 2.43 bits per heavy atom. The molecule has 7 nitrogen and oxygen atoms in total. The fourth-order valence-electron chi connectivity index (χ4n) is 2.70. The fraction of sp³-hybridized carbons (Fsp3) is 0.409. The SMILES string of the molecule is CC(C)c1ccc(-c2nnn(CC(=O)c3ccc(CNC(=O)C(C)(C)C)s3)n2)cc1. The number of hydrogen-bond acceptors (Lipinski definition) is 6. The molecule has 0 aliphatic rings. The highest BCUT2D eigenvalue weighted by molar-refractivity contribution is 7.14. The minimum atomic E-state index is -0.443. The first-order valence-corrected chi connectivity index (χ1v) is 10.7. The van der Waals surface area contributed by atoms with E-state index in [0.29, 0.717) is 23.2 Å². The number of aromatic nitrogens is 4. The normalized spacial score (nSPS) is 11.7. The van der Waals surface area contributed by atoms with Gasteiger partial charge in [-0.05, 0) is 28.8 Å². The number of thiophene rings is 1. The van der Waals surface area contributed by atoms with Crippen LogP contribution < -0.4 is 5.32 Å². The maximum Gasteiger partial charge on any atom is 0.225 e. The molecule has 8 heteroatoms. The maximum atomic E-state index is 12.6. The van der Waals surface area contributed by atoms with Crippen LogP contribution in [0.1, 0.15) is 60.6 Å². The van der Waals surface area contributed by atoms with Crippen molar-refractivity contribution in [2.45, 2.75) is 53.6 Å². The molecule has 0 bridgehead atoms. The van der Waals surface area contributed by atoms with Crippen LogP contribution in [-0.4, -0.2) is 31.9 Å². The average molecular weight is 426 g/mol. The van der Waals surface area contributed by atoms with Gasteiger partial charge in [0.25, 0.3) is 0 Å². The first-order chi connectivity index (χ1) is 14.1. The third kappa shape index (κ3) is 5.38. The largest absolute Gasteiger partial charge is 0.351 e. The van der Waals surface area contributed by atoms with Crippen LogP contribution in [0.25, 0.3) is 11.4 Å². The van der Waals surface area contributed by atoms with Crippen molar-refractivity contribution < 1.29 is 9.59 Å². The summed E-state index contributed by atoms with van der Waals surface area (Å²) in [7, 11) is 0. The van der Waals surface area contributed by atoms with Gasteiger partial charge in [0.15, 0.2) is 5.78 Å². The van der Waals surface area contributed by atoms with Gasteiger partial charge in [0, 0.05) is 15.9 Å². The van der Waals surface area contributed by atoms with E-state index in [-0.39, 0.29) is 18.2 Å². The Morgan fingerprint density at radius 1 is 1.10 bits per heavy atom. The number of Topliss-reactive ketones (excluding diaryl/α,β-unsaturated/α-hetero) is 1. The summed E-state index contributed by atoms with van der Waals surface area (Å²) < 4.78 is 0. The smallest absolute Gasteiger partial charge is 0.225 e. The summed E-state index contributed by atoms with van der Waals surface area (Å²) in [5.41, 5.74) is 1.67. The van der Waals surface area contributed by atoms with E-state index in [2.05, 4.69) is 46.7 Å². The first kappa shape index (κ1) is 21.8. The Balaban J connectivity index is 1.60. The van der Waals surface area contributed by atoms with Crippen molar-refractivity contribution >= 4 is 23.0 Å². The zero-order valence-corrected chi connectivity index (χ0v) is 18.8. The number of ketones is 1. The number of carbonyl (C=O) groups is 2. The fourth-order valence-corrected chi connectivity index (χ4v) is 3.58. The van der Waals surface area contributed by atoms with Crippen LogP contribution >= 0.6 is 11.3 Å². The van der Waals surface area contributed by atoms with Gasteiger partial charge in [-0.1, -0.05) is 58.9 Å². The van der Waals surface area contributed by atoms with E-state index >= 15 is 0 Å². The number of nitrogens with zero attached hydrogens (tertiary/aromatic N) is 4. The number of carbonyl (C=O) groups excluding carboxylic acids is 2. The molecule has 30 heavy (non-hydrogen) atoms. The van der Waals surface area contributed by atoms with Gasteiger partial charge in [0.2, 0.25) is 11.7 Å². The molecule has 0 radical (unpaired) electrons. The highest BCUT2D eigenvalue weighted by atomic mass is 32.1. The number of benzene rings is 1. The van der Waals surface area contributed by atoms with E-state index in [1.165, 1.54) is 21.7 Å². The molecular formula is C22H27N5O2S. The summed E-state index contributed by atoms with van der Waals surface area (Å²) in [4.78, 5) is 27.4. The van der Waals surface area contributed by atoms with Gasteiger partial charge in [-0.2, -0.15) is 4.80 Å². The Labute approximate surface area is 180 Å². The predicted molar refractivity (Wildman–Crippen MR) is 117 cm³/mol. The van der Waals surface area contributed by atoms with Crippen LogP contribution in [0.5, 0.6) is 0 Å². The number of tetrazole rings is 1. The number of hydrogen-bond donors (Lipinski definition) is 1. The molecule has 3 aromatic rings. The van der Waals surface area contributed by atoms with Crippen molar-refractivity contribution in [1.82, 2.24) is 25.5 Å². The summed E-state index contributed by atoms with van der Waals surface area (Å²) in [6.07, 6.45) is 0. The lowest BCUT2D eigenvalue weighted by molar-refractivity contribution is -0.128. The summed E-state index contributed by atoms with van der Waals surface area (Å²) >= 11 is 1.37. The lowest BCUT2D eigenvalue weighted by Gasteiger charge is -2.17. The second-order valence-electron chi connectivity index (χ2n) is 8.54. The molecule has 0 spiro atoms. The standard InChI is InChI=1S/C22H27N5O2S/c1-14(2)15-6-8-16(9-7-15)20-24-26-27(25-20)13-18(28)19-11-10-17(30-19)12-23-21(29)22(3,4)5/h6-11,14H,12-13H2,1-5H3,(H,23,29). The molecule has 0 aliphatic heterocycles. The predicted octanol–water partition coefficient (Wildman–Crippen LogP) is 4.07. The van der Waals surface area contributed by atoms with Crippen molar-refractivity contribution in [3.05, 3.63) is 51.7 Å². The van der Waals surface area contributed by atoms with Gasteiger partial charge in [0.05, 0.1) is 11.4 Å².